The summed E-state index contributed by atoms with van der Waals surface area (Å²) in [6.45, 7) is 8.68. The van der Waals surface area contributed by atoms with Crippen molar-refractivity contribution in [3.05, 3.63) is 35.4 Å². The number of benzene rings is 1. The lowest BCUT2D eigenvalue weighted by atomic mass is 9.86. The molecule has 0 aromatic heterocycles. The summed E-state index contributed by atoms with van der Waals surface area (Å²) < 4.78 is 0. The van der Waals surface area contributed by atoms with E-state index in [0.29, 0.717) is 0 Å². The highest BCUT2D eigenvalue weighted by atomic mass is 35.5. The van der Waals surface area contributed by atoms with Crippen LogP contribution in [0.15, 0.2) is 24.3 Å². The number of hydrogen-bond acceptors (Lipinski definition) is 1. The van der Waals surface area contributed by atoms with E-state index in [1.54, 1.807) is 0 Å². The van der Waals surface area contributed by atoms with Crippen molar-refractivity contribution in [1.29, 1.82) is 0 Å². The smallest absolute Gasteiger partial charge is 0.0442 e. The first-order valence-corrected chi connectivity index (χ1v) is 5.29. The fourth-order valence-corrected chi connectivity index (χ4v) is 1.46. The number of hydrogen-bond donors (Lipinski definition) is 1. The lowest BCUT2D eigenvalue weighted by molar-refractivity contribution is 0.589. The Morgan fingerprint density at radius 1 is 1.14 bits per heavy atom. The Labute approximate surface area is 91.6 Å². The molecular formula is C12H18ClN. The van der Waals surface area contributed by atoms with Crippen LogP contribution in [0.25, 0.3) is 0 Å². The van der Waals surface area contributed by atoms with Crippen molar-refractivity contribution < 1.29 is 0 Å². The molecule has 1 unspecified atom stereocenters. The van der Waals surface area contributed by atoms with E-state index in [-0.39, 0.29) is 11.5 Å². The van der Waals surface area contributed by atoms with E-state index >= 15 is 0 Å². The van der Waals surface area contributed by atoms with Gasteiger partial charge in [-0.15, -0.1) is 0 Å². The summed E-state index contributed by atoms with van der Waals surface area (Å²) in [5.74, 6) is 0. The average molecular weight is 212 g/mol. The van der Waals surface area contributed by atoms with E-state index in [0.717, 1.165) is 0 Å². The van der Waals surface area contributed by atoms with Crippen LogP contribution in [-0.4, -0.2) is 0 Å². The summed E-state index contributed by atoms with van der Waals surface area (Å²) in [5, 5.41) is 0. The molecule has 1 aromatic rings. The van der Waals surface area contributed by atoms with Gasteiger partial charge in [0, 0.05) is 6.04 Å². The van der Waals surface area contributed by atoms with Gasteiger partial charge in [-0.1, -0.05) is 45.0 Å². The first-order chi connectivity index (χ1) is 6.45. The molecule has 0 radical (unpaired) electrons. The third-order valence-corrected chi connectivity index (χ3v) is 2.77. The highest BCUT2D eigenvalue weighted by Gasteiger charge is 2.13. The fraction of sp³-hybridized carbons (Fsp3) is 0.500. The summed E-state index contributed by atoms with van der Waals surface area (Å²) in [4.78, 5) is 2.71. The predicted molar refractivity (Wildman–Crippen MR) is 62.5 cm³/mol. The van der Waals surface area contributed by atoms with Gasteiger partial charge in [0.1, 0.15) is 0 Å². The number of halogens is 1. The van der Waals surface area contributed by atoms with Crippen LogP contribution in [0.3, 0.4) is 0 Å². The standard InChI is InChI=1S/C12H18ClN/c1-9(14-13)10-5-7-11(8-6-10)12(2,3)4/h5-9,14H,1-4H3. The zero-order valence-electron chi connectivity index (χ0n) is 9.26. The van der Waals surface area contributed by atoms with Crippen LogP contribution in [0.4, 0.5) is 0 Å². The van der Waals surface area contributed by atoms with E-state index in [2.05, 4.69) is 49.9 Å². The fourth-order valence-electron chi connectivity index (χ4n) is 1.33. The molecule has 0 heterocycles. The quantitative estimate of drug-likeness (QED) is 0.734. The molecule has 1 atom stereocenters. The minimum Gasteiger partial charge on any atom is -0.226 e. The molecule has 1 rings (SSSR count). The Morgan fingerprint density at radius 3 is 2.00 bits per heavy atom. The summed E-state index contributed by atoms with van der Waals surface area (Å²) in [7, 11) is 0. The van der Waals surface area contributed by atoms with Gasteiger partial charge < -0.3 is 0 Å². The van der Waals surface area contributed by atoms with E-state index in [9.17, 15) is 0 Å². The first-order valence-electron chi connectivity index (χ1n) is 4.92. The minimum absolute atomic E-state index is 0.200. The molecule has 0 bridgehead atoms. The van der Waals surface area contributed by atoms with Crippen LogP contribution in [0.2, 0.25) is 0 Å². The van der Waals surface area contributed by atoms with Crippen molar-refractivity contribution in [2.24, 2.45) is 0 Å². The van der Waals surface area contributed by atoms with Crippen LogP contribution in [-0.2, 0) is 5.41 Å². The van der Waals surface area contributed by atoms with Crippen LogP contribution >= 0.6 is 11.8 Å². The maximum absolute atomic E-state index is 5.57. The highest BCUT2D eigenvalue weighted by Crippen LogP contribution is 2.23. The highest BCUT2D eigenvalue weighted by molar-refractivity contribution is 6.13. The Morgan fingerprint density at radius 2 is 1.64 bits per heavy atom. The van der Waals surface area contributed by atoms with Gasteiger partial charge in [0.25, 0.3) is 0 Å². The molecule has 0 aliphatic heterocycles. The first kappa shape index (κ1) is 11.5. The SMILES string of the molecule is CC(NCl)c1ccc(C(C)(C)C)cc1. The van der Waals surface area contributed by atoms with Gasteiger partial charge in [0.2, 0.25) is 0 Å². The summed E-state index contributed by atoms with van der Waals surface area (Å²) >= 11 is 5.57. The zero-order chi connectivity index (χ0) is 10.8. The molecule has 14 heavy (non-hydrogen) atoms. The molecule has 0 amide bonds. The van der Waals surface area contributed by atoms with E-state index in [4.69, 9.17) is 11.8 Å². The molecule has 0 fully saturated rings. The second-order valence-corrected chi connectivity index (χ2v) is 4.92. The minimum atomic E-state index is 0.200. The van der Waals surface area contributed by atoms with Gasteiger partial charge in [-0.2, -0.15) is 0 Å². The topological polar surface area (TPSA) is 12.0 Å². The Bertz CT molecular complexity index is 284. The molecule has 1 nitrogen and oxygen atoms in total. The summed E-state index contributed by atoms with van der Waals surface area (Å²) in [5.41, 5.74) is 2.78. The Balaban J connectivity index is 2.89. The molecule has 78 valence electrons. The lowest BCUT2D eigenvalue weighted by Crippen LogP contribution is -2.12. The van der Waals surface area contributed by atoms with Gasteiger partial charge >= 0.3 is 0 Å². The van der Waals surface area contributed by atoms with Crippen LogP contribution < -0.4 is 4.84 Å². The maximum atomic E-state index is 5.57. The van der Waals surface area contributed by atoms with Crippen molar-refractivity contribution in [2.45, 2.75) is 39.2 Å². The third-order valence-electron chi connectivity index (χ3n) is 2.44. The molecule has 1 aromatic carbocycles. The maximum Gasteiger partial charge on any atom is 0.0442 e. The van der Waals surface area contributed by atoms with Gasteiger partial charge in [0.05, 0.1) is 0 Å². The van der Waals surface area contributed by atoms with Crippen molar-refractivity contribution in [2.75, 3.05) is 0 Å². The van der Waals surface area contributed by atoms with Crippen LogP contribution in [0.5, 0.6) is 0 Å². The van der Waals surface area contributed by atoms with Crippen molar-refractivity contribution >= 4 is 11.8 Å². The van der Waals surface area contributed by atoms with Crippen molar-refractivity contribution in [3.8, 4) is 0 Å². The lowest BCUT2D eigenvalue weighted by Gasteiger charge is -2.19. The van der Waals surface area contributed by atoms with Crippen molar-refractivity contribution in [1.82, 2.24) is 4.84 Å². The van der Waals surface area contributed by atoms with Crippen LogP contribution in [0, 0.1) is 0 Å². The van der Waals surface area contributed by atoms with Gasteiger partial charge in [-0.3, -0.25) is 0 Å². The predicted octanol–water partition coefficient (Wildman–Crippen LogP) is 3.79. The van der Waals surface area contributed by atoms with Gasteiger partial charge in [-0.25, -0.2) is 4.84 Å². The molecule has 0 spiro atoms. The summed E-state index contributed by atoms with van der Waals surface area (Å²) in [6.07, 6.45) is 0. The number of rotatable bonds is 2. The average Bonchev–Trinajstić information content (AvgIpc) is 2.15. The molecule has 2 heteroatoms. The largest absolute Gasteiger partial charge is 0.226 e. The molecule has 1 N–H and O–H groups in total. The van der Waals surface area contributed by atoms with Crippen molar-refractivity contribution in [3.63, 3.8) is 0 Å². The van der Waals surface area contributed by atoms with E-state index in [1.807, 2.05) is 6.92 Å². The van der Waals surface area contributed by atoms with E-state index in [1.165, 1.54) is 11.1 Å². The molecule has 0 aliphatic rings. The molecule has 0 saturated heterocycles. The van der Waals surface area contributed by atoms with Gasteiger partial charge in [-0.05, 0) is 35.2 Å². The Kier molecular flexibility index (Phi) is 3.57. The zero-order valence-corrected chi connectivity index (χ0v) is 10.0. The van der Waals surface area contributed by atoms with Crippen LogP contribution in [0.1, 0.15) is 44.9 Å². The second kappa shape index (κ2) is 4.33. The normalized spacial score (nSPS) is 14.1. The second-order valence-electron chi connectivity index (χ2n) is 4.70. The monoisotopic (exact) mass is 211 g/mol. The van der Waals surface area contributed by atoms with Gasteiger partial charge in [0.15, 0.2) is 0 Å². The molecule has 0 aliphatic carbocycles. The molecule has 0 saturated carbocycles. The Hall–Kier alpha value is -0.530. The molecular weight excluding hydrogens is 194 g/mol. The number of nitrogens with one attached hydrogen (secondary N) is 1. The third kappa shape index (κ3) is 2.73. The van der Waals surface area contributed by atoms with E-state index < -0.39 is 0 Å². The summed E-state index contributed by atoms with van der Waals surface area (Å²) in [6, 6.07) is 8.78.